The van der Waals surface area contributed by atoms with Crippen LogP contribution in [0, 0.1) is 5.82 Å². The van der Waals surface area contributed by atoms with Gasteiger partial charge in [0.2, 0.25) is 0 Å². The Hall–Kier alpha value is -3.87. The van der Waals surface area contributed by atoms with Gasteiger partial charge in [0, 0.05) is 33.8 Å². The number of ether oxygens (including phenoxy) is 1. The number of nitrogens with zero attached hydrogens (tertiary/aromatic N) is 1. The van der Waals surface area contributed by atoms with Gasteiger partial charge in [-0.1, -0.05) is 18.2 Å². The number of pyridine rings is 1. The van der Waals surface area contributed by atoms with Gasteiger partial charge in [-0.15, -0.1) is 0 Å². The zero-order chi connectivity index (χ0) is 20.5. The molecule has 0 aliphatic carbocycles. The van der Waals surface area contributed by atoms with Gasteiger partial charge in [-0.05, 0) is 36.4 Å². The smallest absolute Gasteiger partial charge is 0.353 e. The van der Waals surface area contributed by atoms with Crippen LogP contribution in [0.2, 0.25) is 0 Å². The predicted octanol–water partition coefficient (Wildman–Crippen LogP) is 3.89. The van der Waals surface area contributed by atoms with E-state index in [0.717, 1.165) is 0 Å². The molecule has 2 N–H and O–H groups in total. The number of rotatable bonds is 5. The van der Waals surface area contributed by atoms with E-state index in [1.165, 1.54) is 23.9 Å². The van der Waals surface area contributed by atoms with Crippen molar-refractivity contribution in [3.8, 4) is 16.9 Å². The number of carboxylic acid groups (broad SMARTS) is 1. The number of carboxylic acids is 1. The molecule has 0 saturated carbocycles. The topological polar surface area (TPSA) is 84.3 Å². The molecule has 0 aliphatic heterocycles. The van der Waals surface area contributed by atoms with Crippen LogP contribution < -0.4 is 10.3 Å². The molecule has 0 saturated heterocycles. The Morgan fingerprint density at radius 2 is 1.97 bits per heavy atom. The van der Waals surface area contributed by atoms with Crippen LogP contribution in [-0.2, 0) is 6.54 Å². The number of halogens is 1. The molecular weight excluding hydrogens is 375 g/mol. The van der Waals surface area contributed by atoms with Crippen molar-refractivity contribution < 1.29 is 19.0 Å². The Labute approximate surface area is 164 Å². The number of aromatic carboxylic acids is 1. The quantitative estimate of drug-likeness (QED) is 0.540. The van der Waals surface area contributed by atoms with E-state index in [9.17, 15) is 19.1 Å². The highest BCUT2D eigenvalue weighted by atomic mass is 19.1. The number of aromatic amines is 1. The van der Waals surface area contributed by atoms with Crippen LogP contribution in [-0.4, -0.2) is 27.7 Å². The average Bonchev–Trinajstić information content (AvgIpc) is 3.03. The number of hydrogen-bond acceptors (Lipinski definition) is 3. The third-order valence-electron chi connectivity index (χ3n) is 4.85. The Balaban J connectivity index is 2.09. The van der Waals surface area contributed by atoms with E-state index in [-0.39, 0.29) is 23.4 Å². The van der Waals surface area contributed by atoms with Crippen LogP contribution in [0.3, 0.4) is 0 Å². The lowest BCUT2D eigenvalue weighted by Gasteiger charge is -2.10. The summed E-state index contributed by atoms with van der Waals surface area (Å²) >= 11 is 0. The average molecular weight is 392 g/mol. The largest absolute Gasteiger partial charge is 0.497 e. The molecule has 0 amide bonds. The second kappa shape index (κ2) is 7.27. The fraction of sp³-hybridized carbons (Fsp3) is 0.0909. The molecule has 29 heavy (non-hydrogen) atoms. The highest BCUT2D eigenvalue weighted by molar-refractivity contribution is 6.08. The summed E-state index contributed by atoms with van der Waals surface area (Å²) in [6, 6.07) is 14.5. The highest BCUT2D eigenvalue weighted by Crippen LogP contribution is 2.36. The molecular formula is C22H17FN2O4. The Morgan fingerprint density at radius 3 is 2.66 bits per heavy atom. The third kappa shape index (κ3) is 3.16. The molecule has 6 nitrogen and oxygen atoms in total. The number of hydrogen-bond donors (Lipinski definition) is 2. The Morgan fingerprint density at radius 1 is 1.17 bits per heavy atom. The van der Waals surface area contributed by atoms with E-state index in [1.54, 1.807) is 48.5 Å². The first kappa shape index (κ1) is 18.5. The number of fused-ring (bicyclic) bond motifs is 1. The molecule has 2 heterocycles. The van der Waals surface area contributed by atoms with Crippen molar-refractivity contribution >= 4 is 16.9 Å². The summed E-state index contributed by atoms with van der Waals surface area (Å²) in [6.07, 6.45) is 1.48. The zero-order valence-electron chi connectivity index (χ0n) is 15.5. The van der Waals surface area contributed by atoms with Crippen LogP contribution >= 0.6 is 0 Å². The summed E-state index contributed by atoms with van der Waals surface area (Å²) in [6.45, 7) is 0.00186. The lowest BCUT2D eigenvalue weighted by atomic mass is 10.0. The van der Waals surface area contributed by atoms with E-state index in [2.05, 4.69) is 4.98 Å². The van der Waals surface area contributed by atoms with Gasteiger partial charge in [0.15, 0.2) is 0 Å². The fourth-order valence-corrected chi connectivity index (χ4v) is 3.54. The summed E-state index contributed by atoms with van der Waals surface area (Å²) in [5.74, 6) is -1.13. The van der Waals surface area contributed by atoms with E-state index < -0.39 is 17.3 Å². The van der Waals surface area contributed by atoms with Crippen LogP contribution in [0.5, 0.6) is 5.75 Å². The number of nitrogens with one attached hydrogen (secondary N) is 1. The minimum Gasteiger partial charge on any atom is -0.497 e. The molecule has 7 heteroatoms. The van der Waals surface area contributed by atoms with Crippen LogP contribution in [0.4, 0.5) is 4.39 Å². The summed E-state index contributed by atoms with van der Waals surface area (Å²) in [7, 11) is 1.50. The van der Waals surface area contributed by atoms with Crippen LogP contribution in [0.1, 0.15) is 16.1 Å². The van der Waals surface area contributed by atoms with Crippen molar-refractivity contribution in [2.75, 3.05) is 7.11 Å². The first-order valence-electron chi connectivity index (χ1n) is 8.86. The van der Waals surface area contributed by atoms with Crippen molar-refractivity contribution in [2.24, 2.45) is 0 Å². The van der Waals surface area contributed by atoms with E-state index in [0.29, 0.717) is 22.2 Å². The number of aromatic nitrogens is 2. The van der Waals surface area contributed by atoms with Crippen molar-refractivity contribution in [2.45, 2.75) is 6.54 Å². The number of methoxy groups -OCH3 is 1. The Kier molecular flexibility index (Phi) is 4.64. The van der Waals surface area contributed by atoms with E-state index in [4.69, 9.17) is 4.74 Å². The second-order valence-corrected chi connectivity index (χ2v) is 6.50. The van der Waals surface area contributed by atoms with Crippen LogP contribution in [0.15, 0.2) is 65.6 Å². The summed E-state index contributed by atoms with van der Waals surface area (Å²) < 4.78 is 21.1. The minimum atomic E-state index is -1.21. The first-order valence-corrected chi connectivity index (χ1v) is 8.86. The SMILES string of the molecule is COc1ccc2c(c1)c(-c1ccc[nH]c1=O)c(C(=O)O)n2Cc1ccccc1F. The minimum absolute atomic E-state index is 0.00186. The van der Waals surface area contributed by atoms with Gasteiger partial charge in [0.25, 0.3) is 5.56 Å². The molecule has 2 aromatic carbocycles. The van der Waals surface area contributed by atoms with Gasteiger partial charge in [0.05, 0.1) is 13.7 Å². The maximum absolute atomic E-state index is 14.3. The van der Waals surface area contributed by atoms with Gasteiger partial charge in [-0.25, -0.2) is 9.18 Å². The molecule has 146 valence electrons. The van der Waals surface area contributed by atoms with Gasteiger partial charge in [0.1, 0.15) is 17.3 Å². The van der Waals surface area contributed by atoms with Crippen molar-refractivity contribution in [3.63, 3.8) is 0 Å². The molecule has 0 bridgehead atoms. The van der Waals surface area contributed by atoms with E-state index >= 15 is 0 Å². The molecule has 0 aliphatic rings. The van der Waals surface area contributed by atoms with Crippen LogP contribution in [0.25, 0.3) is 22.0 Å². The summed E-state index contributed by atoms with van der Waals surface area (Å²) in [4.78, 5) is 27.3. The third-order valence-corrected chi connectivity index (χ3v) is 4.85. The number of benzene rings is 2. The molecule has 2 aromatic heterocycles. The summed E-state index contributed by atoms with van der Waals surface area (Å²) in [5, 5.41) is 10.6. The number of H-pyrrole nitrogens is 1. The van der Waals surface area contributed by atoms with Crippen molar-refractivity contribution in [1.29, 1.82) is 0 Å². The lowest BCUT2D eigenvalue weighted by Crippen LogP contribution is -2.14. The molecule has 0 radical (unpaired) electrons. The molecule has 0 spiro atoms. The lowest BCUT2D eigenvalue weighted by molar-refractivity contribution is 0.0687. The maximum Gasteiger partial charge on any atom is 0.353 e. The predicted molar refractivity (Wildman–Crippen MR) is 107 cm³/mol. The van der Waals surface area contributed by atoms with Gasteiger partial charge in [-0.2, -0.15) is 0 Å². The number of carbonyl (C=O) groups is 1. The molecule has 0 atom stereocenters. The molecule has 0 unspecified atom stereocenters. The van der Waals surface area contributed by atoms with Gasteiger partial charge >= 0.3 is 5.97 Å². The summed E-state index contributed by atoms with van der Waals surface area (Å²) in [5.41, 5.74) is 0.886. The molecule has 4 rings (SSSR count). The van der Waals surface area contributed by atoms with E-state index in [1.807, 2.05) is 0 Å². The van der Waals surface area contributed by atoms with Crippen molar-refractivity contribution in [1.82, 2.24) is 9.55 Å². The fourth-order valence-electron chi connectivity index (χ4n) is 3.54. The second-order valence-electron chi connectivity index (χ2n) is 6.50. The standard InChI is InChI=1S/C22H17FN2O4/c1-29-14-8-9-18-16(11-14)19(15-6-4-10-24-21(15)26)20(22(27)28)25(18)12-13-5-2-3-7-17(13)23/h2-11H,12H2,1H3,(H,24,26)(H,27,28). The maximum atomic E-state index is 14.3. The molecule has 0 fully saturated rings. The Bertz CT molecular complexity index is 1290. The highest BCUT2D eigenvalue weighted by Gasteiger charge is 2.26. The van der Waals surface area contributed by atoms with Crippen molar-refractivity contribution in [3.05, 3.63) is 88.2 Å². The van der Waals surface area contributed by atoms with Gasteiger partial charge < -0.3 is 19.4 Å². The molecule has 4 aromatic rings. The first-order chi connectivity index (χ1) is 14.0. The normalized spacial score (nSPS) is 11.0. The van der Waals surface area contributed by atoms with Gasteiger partial charge in [-0.3, -0.25) is 4.79 Å². The monoisotopic (exact) mass is 392 g/mol. The zero-order valence-corrected chi connectivity index (χ0v) is 15.5.